The SMILES string of the molecule is C=CC(=O)Nc1cccc(-c2ccc3nccc(NC(=O)C4CCN(C)CC4)c3c2)c1. The molecule has 4 rings (SSSR count). The van der Waals surface area contributed by atoms with Crippen molar-refractivity contribution in [1.82, 2.24) is 9.88 Å². The first kappa shape index (κ1) is 20.8. The first-order valence-corrected chi connectivity index (χ1v) is 10.5. The van der Waals surface area contributed by atoms with Crippen LogP contribution in [0.15, 0.2) is 67.4 Å². The van der Waals surface area contributed by atoms with Gasteiger partial charge in [0.05, 0.1) is 11.2 Å². The van der Waals surface area contributed by atoms with Crippen LogP contribution in [0.1, 0.15) is 12.8 Å². The Labute approximate surface area is 182 Å². The largest absolute Gasteiger partial charge is 0.325 e. The number of hydrogen-bond acceptors (Lipinski definition) is 4. The molecule has 0 bridgehead atoms. The van der Waals surface area contributed by atoms with Crippen molar-refractivity contribution < 1.29 is 9.59 Å². The number of nitrogens with one attached hydrogen (secondary N) is 2. The summed E-state index contributed by atoms with van der Waals surface area (Å²) in [5.74, 6) is -0.147. The molecule has 0 atom stereocenters. The molecule has 6 heteroatoms. The highest BCUT2D eigenvalue weighted by molar-refractivity contribution is 6.03. The molecule has 31 heavy (non-hydrogen) atoms. The van der Waals surface area contributed by atoms with Crippen LogP contribution in [0, 0.1) is 5.92 Å². The zero-order chi connectivity index (χ0) is 21.8. The van der Waals surface area contributed by atoms with E-state index < -0.39 is 0 Å². The highest BCUT2D eigenvalue weighted by Gasteiger charge is 2.23. The van der Waals surface area contributed by atoms with Crippen molar-refractivity contribution in [3.8, 4) is 11.1 Å². The second-order valence-corrected chi connectivity index (χ2v) is 7.93. The number of amides is 2. The van der Waals surface area contributed by atoms with Gasteiger partial charge in [-0.25, -0.2) is 0 Å². The van der Waals surface area contributed by atoms with E-state index in [1.54, 1.807) is 6.20 Å². The maximum Gasteiger partial charge on any atom is 0.247 e. The summed E-state index contributed by atoms with van der Waals surface area (Å²) in [4.78, 5) is 31.2. The molecule has 2 N–H and O–H groups in total. The molecular formula is C25H26N4O2. The van der Waals surface area contributed by atoms with Gasteiger partial charge < -0.3 is 15.5 Å². The summed E-state index contributed by atoms with van der Waals surface area (Å²) in [6.07, 6.45) is 4.71. The number of rotatable bonds is 5. The lowest BCUT2D eigenvalue weighted by atomic mass is 9.96. The second-order valence-electron chi connectivity index (χ2n) is 7.93. The Balaban J connectivity index is 1.62. The number of pyridine rings is 1. The first-order valence-electron chi connectivity index (χ1n) is 10.5. The summed E-state index contributed by atoms with van der Waals surface area (Å²) in [6.45, 7) is 5.37. The van der Waals surface area contributed by atoms with Crippen molar-refractivity contribution in [2.75, 3.05) is 30.8 Å². The van der Waals surface area contributed by atoms with Gasteiger partial charge >= 0.3 is 0 Å². The van der Waals surface area contributed by atoms with Crippen LogP contribution in [0.25, 0.3) is 22.0 Å². The topological polar surface area (TPSA) is 74.3 Å². The van der Waals surface area contributed by atoms with Crippen LogP contribution < -0.4 is 10.6 Å². The lowest BCUT2D eigenvalue weighted by Gasteiger charge is -2.28. The average molecular weight is 415 g/mol. The minimum Gasteiger partial charge on any atom is -0.325 e. The standard InChI is InChI=1S/C25H26N4O2/c1-3-24(30)27-20-6-4-5-18(15-20)19-7-8-22-21(16-19)23(9-12-26-22)28-25(31)17-10-13-29(2)14-11-17/h3-9,12,15-17H,1,10-11,13-14H2,2H3,(H,27,30)(H,26,28,31). The van der Waals surface area contributed by atoms with Crippen LogP contribution in [-0.2, 0) is 9.59 Å². The molecule has 1 aromatic heterocycles. The summed E-state index contributed by atoms with van der Waals surface area (Å²) in [7, 11) is 2.09. The maximum atomic E-state index is 12.9. The lowest BCUT2D eigenvalue weighted by Crippen LogP contribution is -2.35. The van der Waals surface area contributed by atoms with Crippen LogP contribution >= 0.6 is 0 Å². The first-order chi connectivity index (χ1) is 15.0. The number of likely N-dealkylation sites (tertiary alicyclic amines) is 1. The van der Waals surface area contributed by atoms with E-state index in [2.05, 4.69) is 34.1 Å². The second kappa shape index (κ2) is 9.10. The van der Waals surface area contributed by atoms with Crippen LogP contribution in [0.3, 0.4) is 0 Å². The Hall–Kier alpha value is -3.51. The number of aromatic nitrogens is 1. The summed E-state index contributed by atoms with van der Waals surface area (Å²) in [6, 6.07) is 15.4. The van der Waals surface area contributed by atoms with E-state index in [-0.39, 0.29) is 17.7 Å². The lowest BCUT2D eigenvalue weighted by molar-refractivity contribution is -0.121. The van der Waals surface area contributed by atoms with Gasteiger partial charge in [0, 0.05) is 23.2 Å². The molecule has 0 radical (unpaired) electrons. The van der Waals surface area contributed by atoms with Gasteiger partial charge in [-0.3, -0.25) is 14.6 Å². The monoisotopic (exact) mass is 414 g/mol. The number of nitrogens with zero attached hydrogens (tertiary/aromatic N) is 2. The van der Waals surface area contributed by atoms with Gasteiger partial charge in [-0.1, -0.05) is 24.8 Å². The molecule has 0 unspecified atom stereocenters. The number of fused-ring (bicyclic) bond motifs is 1. The third kappa shape index (κ3) is 4.81. The van der Waals surface area contributed by atoms with E-state index in [1.807, 2.05) is 48.5 Å². The molecule has 0 saturated carbocycles. The molecular weight excluding hydrogens is 388 g/mol. The Kier molecular flexibility index (Phi) is 6.09. The number of piperidine rings is 1. The van der Waals surface area contributed by atoms with Crippen molar-refractivity contribution in [2.24, 2.45) is 5.92 Å². The summed E-state index contributed by atoms with van der Waals surface area (Å²) >= 11 is 0. The number of benzene rings is 2. The Morgan fingerprint density at radius 1 is 1.06 bits per heavy atom. The average Bonchev–Trinajstić information content (AvgIpc) is 2.79. The molecule has 2 heterocycles. The predicted molar refractivity (Wildman–Crippen MR) is 125 cm³/mol. The zero-order valence-corrected chi connectivity index (χ0v) is 17.6. The number of anilines is 2. The van der Waals surface area contributed by atoms with Crippen molar-refractivity contribution in [1.29, 1.82) is 0 Å². The molecule has 2 amide bonds. The van der Waals surface area contributed by atoms with Crippen LogP contribution in [-0.4, -0.2) is 41.8 Å². The summed E-state index contributed by atoms with van der Waals surface area (Å²) in [5.41, 5.74) is 4.22. The Bertz CT molecular complexity index is 1130. The normalized spacial score (nSPS) is 14.9. The van der Waals surface area contributed by atoms with Gasteiger partial charge in [-0.05, 0) is 80.5 Å². The highest BCUT2D eigenvalue weighted by atomic mass is 16.2. The van der Waals surface area contributed by atoms with Gasteiger partial charge in [-0.2, -0.15) is 0 Å². The van der Waals surface area contributed by atoms with Crippen molar-refractivity contribution in [3.05, 3.63) is 67.4 Å². The Morgan fingerprint density at radius 3 is 2.61 bits per heavy atom. The van der Waals surface area contributed by atoms with Crippen molar-refractivity contribution in [2.45, 2.75) is 12.8 Å². The molecule has 0 spiro atoms. The van der Waals surface area contributed by atoms with E-state index in [9.17, 15) is 9.59 Å². The quantitative estimate of drug-likeness (QED) is 0.610. The molecule has 1 aliphatic heterocycles. The summed E-state index contributed by atoms with van der Waals surface area (Å²) in [5, 5.41) is 6.80. The third-order valence-electron chi connectivity index (χ3n) is 5.74. The molecule has 0 aliphatic carbocycles. The minimum absolute atomic E-state index is 0.0350. The predicted octanol–water partition coefficient (Wildman–Crippen LogP) is 4.31. The maximum absolute atomic E-state index is 12.9. The summed E-state index contributed by atoms with van der Waals surface area (Å²) < 4.78 is 0. The van der Waals surface area contributed by atoms with Crippen molar-refractivity contribution >= 4 is 34.1 Å². The zero-order valence-electron chi connectivity index (χ0n) is 17.6. The smallest absolute Gasteiger partial charge is 0.247 e. The van der Waals surface area contributed by atoms with Crippen LogP contribution in [0.4, 0.5) is 11.4 Å². The number of hydrogen-bond donors (Lipinski definition) is 2. The molecule has 6 nitrogen and oxygen atoms in total. The van der Waals surface area contributed by atoms with Gasteiger partial charge in [0.2, 0.25) is 11.8 Å². The minimum atomic E-state index is -0.251. The molecule has 2 aromatic carbocycles. The number of carbonyl (C=O) groups is 2. The van der Waals surface area contributed by atoms with Gasteiger partial charge in [0.25, 0.3) is 0 Å². The molecule has 1 aliphatic rings. The molecule has 1 saturated heterocycles. The van der Waals surface area contributed by atoms with E-state index in [0.29, 0.717) is 5.69 Å². The van der Waals surface area contributed by atoms with Crippen LogP contribution in [0.2, 0.25) is 0 Å². The van der Waals surface area contributed by atoms with Crippen LogP contribution in [0.5, 0.6) is 0 Å². The molecule has 1 fully saturated rings. The van der Waals surface area contributed by atoms with Gasteiger partial charge in [-0.15, -0.1) is 0 Å². The van der Waals surface area contributed by atoms with Gasteiger partial charge in [0.1, 0.15) is 0 Å². The van der Waals surface area contributed by atoms with E-state index in [1.165, 1.54) is 6.08 Å². The Morgan fingerprint density at radius 2 is 1.84 bits per heavy atom. The highest BCUT2D eigenvalue weighted by Crippen LogP contribution is 2.30. The van der Waals surface area contributed by atoms with E-state index in [0.717, 1.165) is 53.6 Å². The van der Waals surface area contributed by atoms with E-state index >= 15 is 0 Å². The number of carbonyl (C=O) groups excluding carboxylic acids is 2. The fourth-order valence-corrected chi connectivity index (χ4v) is 3.91. The van der Waals surface area contributed by atoms with Gasteiger partial charge in [0.15, 0.2) is 0 Å². The fourth-order valence-electron chi connectivity index (χ4n) is 3.91. The molecule has 3 aromatic rings. The van der Waals surface area contributed by atoms with Crippen molar-refractivity contribution in [3.63, 3.8) is 0 Å². The molecule has 158 valence electrons. The fraction of sp³-hybridized carbons (Fsp3) is 0.240. The van der Waals surface area contributed by atoms with E-state index in [4.69, 9.17) is 0 Å². The third-order valence-corrected chi connectivity index (χ3v) is 5.74.